The number of ether oxygens (including phenoxy) is 4. The maximum Gasteiger partial charge on any atom is 0.238 e. The number of benzene rings is 2. The predicted octanol–water partition coefficient (Wildman–Crippen LogP) is 6.84. The molecule has 12 rings (SSSR count). The standard InChI is InChI=1S/2C25H22N8O2/c2*1-16-14-32(15-28-16)21-7-6-19(29-25(21)34-2)23-30-24-22(35-11-10-33(24)31-23)18-5-3-4-17(12-18)20-13-26-8-9-27-20/h2*3-9,12-15,22H,10-11H2,1-2H3/t2*22-/m10/s1. The second kappa shape index (κ2) is 19.0. The number of imidazole rings is 2. The van der Waals surface area contributed by atoms with Gasteiger partial charge in [-0.05, 0) is 61.4 Å². The summed E-state index contributed by atoms with van der Waals surface area (Å²) in [7, 11) is 3.19. The van der Waals surface area contributed by atoms with Gasteiger partial charge in [0.1, 0.15) is 35.0 Å². The van der Waals surface area contributed by atoms with Crippen LogP contribution < -0.4 is 9.47 Å². The molecule has 10 heterocycles. The van der Waals surface area contributed by atoms with Crippen molar-refractivity contribution < 1.29 is 18.9 Å². The first-order chi connectivity index (χ1) is 34.4. The largest absolute Gasteiger partial charge is 0.479 e. The van der Waals surface area contributed by atoms with Crippen LogP contribution in [0.25, 0.3) is 56.9 Å². The molecule has 0 amide bonds. The van der Waals surface area contributed by atoms with Crippen LogP contribution in [0.3, 0.4) is 0 Å². The molecule has 8 aromatic heterocycles. The third-order valence-corrected chi connectivity index (χ3v) is 11.6. The molecule has 2 aliphatic rings. The molecule has 70 heavy (non-hydrogen) atoms. The maximum absolute atomic E-state index is 6.14. The molecular weight excluding hydrogens is 889 g/mol. The van der Waals surface area contributed by atoms with Crippen molar-refractivity contribution >= 4 is 0 Å². The summed E-state index contributed by atoms with van der Waals surface area (Å²) in [5.41, 5.74) is 10.1. The van der Waals surface area contributed by atoms with Crippen molar-refractivity contribution in [3.8, 4) is 68.7 Å². The van der Waals surface area contributed by atoms with Crippen LogP contribution in [0.5, 0.6) is 11.8 Å². The van der Waals surface area contributed by atoms with E-state index in [1.165, 1.54) is 0 Å². The molecule has 0 aliphatic carbocycles. The minimum atomic E-state index is -0.350. The Morgan fingerprint density at radius 3 is 1.40 bits per heavy atom. The molecule has 10 aromatic rings. The summed E-state index contributed by atoms with van der Waals surface area (Å²) in [4.78, 5) is 44.7. The Hall–Kier alpha value is -8.88. The Kier molecular flexibility index (Phi) is 11.9. The number of fused-ring (bicyclic) bond motifs is 2. The van der Waals surface area contributed by atoms with Crippen molar-refractivity contribution in [3.05, 3.63) is 169 Å². The Morgan fingerprint density at radius 2 is 1.00 bits per heavy atom. The van der Waals surface area contributed by atoms with Gasteiger partial charge in [0.2, 0.25) is 11.8 Å². The second-order valence-electron chi connectivity index (χ2n) is 16.3. The molecule has 0 N–H and O–H groups in total. The van der Waals surface area contributed by atoms with Crippen LogP contribution >= 0.6 is 0 Å². The van der Waals surface area contributed by atoms with Crippen LogP contribution in [0.2, 0.25) is 0 Å². The van der Waals surface area contributed by atoms with Gasteiger partial charge in [-0.25, -0.2) is 39.3 Å². The fourth-order valence-corrected chi connectivity index (χ4v) is 8.33. The monoisotopic (exact) mass is 932 g/mol. The fourth-order valence-electron chi connectivity index (χ4n) is 8.33. The highest BCUT2D eigenvalue weighted by Gasteiger charge is 2.30. The van der Waals surface area contributed by atoms with Crippen molar-refractivity contribution in [2.75, 3.05) is 27.4 Å². The van der Waals surface area contributed by atoms with Gasteiger partial charge in [-0.1, -0.05) is 36.4 Å². The highest BCUT2D eigenvalue weighted by molar-refractivity contribution is 5.61. The van der Waals surface area contributed by atoms with E-state index in [0.717, 1.165) is 68.1 Å². The first-order valence-electron chi connectivity index (χ1n) is 22.4. The Morgan fingerprint density at radius 1 is 0.529 bits per heavy atom. The molecule has 0 unspecified atom stereocenters. The van der Waals surface area contributed by atoms with Crippen LogP contribution in [-0.4, -0.2) is 106 Å². The lowest BCUT2D eigenvalue weighted by atomic mass is 10.0. The number of pyridine rings is 2. The first-order valence-corrected chi connectivity index (χ1v) is 22.4. The molecule has 0 spiro atoms. The SMILES string of the molecule is COc1nc(-c2nc3n(n2)CCO[C@@H]3c2cccc(-c3cnccn3)c2)ccc1-n1cnc(C)c1.COc1nc(-c2nc3n(n2)CCO[C@H]3c2cccc(-c3cnccn3)c2)ccc1-n1cnc(C)c1. The summed E-state index contributed by atoms with van der Waals surface area (Å²) in [6.07, 6.45) is 16.8. The predicted molar refractivity (Wildman–Crippen MR) is 254 cm³/mol. The molecule has 2 atom stereocenters. The summed E-state index contributed by atoms with van der Waals surface area (Å²) >= 11 is 0. The molecule has 0 saturated heterocycles. The highest BCUT2D eigenvalue weighted by Crippen LogP contribution is 2.35. The smallest absolute Gasteiger partial charge is 0.238 e. The van der Waals surface area contributed by atoms with Crippen LogP contribution in [0, 0.1) is 13.8 Å². The number of hydrogen-bond donors (Lipinski definition) is 0. The molecule has 0 fully saturated rings. The van der Waals surface area contributed by atoms with E-state index in [1.54, 1.807) is 64.1 Å². The minimum absolute atomic E-state index is 0.350. The van der Waals surface area contributed by atoms with Crippen LogP contribution in [0.4, 0.5) is 0 Å². The summed E-state index contributed by atoms with van der Waals surface area (Å²) in [5, 5.41) is 9.45. The Labute approximate surface area is 400 Å². The van der Waals surface area contributed by atoms with Gasteiger partial charge < -0.3 is 28.1 Å². The zero-order valence-electron chi connectivity index (χ0n) is 38.5. The topological polar surface area (TPSA) is 211 Å². The van der Waals surface area contributed by atoms with Gasteiger partial charge in [-0.2, -0.15) is 0 Å². The molecule has 2 aromatic carbocycles. The lowest BCUT2D eigenvalue weighted by molar-refractivity contribution is 0.0389. The molecule has 0 radical (unpaired) electrons. The number of aryl methyl sites for hydroxylation is 2. The highest BCUT2D eigenvalue weighted by atomic mass is 16.5. The number of hydrogen-bond acceptors (Lipinski definition) is 16. The van der Waals surface area contributed by atoms with E-state index in [2.05, 4.69) is 52.0 Å². The molecule has 0 bridgehead atoms. The summed E-state index contributed by atoms with van der Waals surface area (Å²) in [6.45, 7) is 6.17. The van der Waals surface area contributed by atoms with Crippen molar-refractivity contribution in [2.45, 2.75) is 39.1 Å². The second-order valence-corrected chi connectivity index (χ2v) is 16.3. The lowest BCUT2D eigenvalue weighted by Gasteiger charge is -2.23. The molecule has 2 aliphatic heterocycles. The average molecular weight is 933 g/mol. The van der Waals surface area contributed by atoms with E-state index >= 15 is 0 Å². The molecule has 20 nitrogen and oxygen atoms in total. The van der Waals surface area contributed by atoms with E-state index in [4.69, 9.17) is 39.1 Å². The maximum atomic E-state index is 6.14. The van der Waals surface area contributed by atoms with Crippen molar-refractivity contribution in [2.24, 2.45) is 0 Å². The molecule has 0 saturated carbocycles. The third-order valence-electron chi connectivity index (χ3n) is 11.6. The van der Waals surface area contributed by atoms with Crippen molar-refractivity contribution in [3.63, 3.8) is 0 Å². The summed E-state index contributed by atoms with van der Waals surface area (Å²) in [5.74, 6) is 3.45. The van der Waals surface area contributed by atoms with E-state index in [-0.39, 0.29) is 12.2 Å². The van der Waals surface area contributed by atoms with Crippen LogP contribution in [-0.2, 0) is 22.6 Å². The number of methoxy groups -OCH3 is 2. The van der Waals surface area contributed by atoms with Gasteiger partial charge in [0.15, 0.2) is 23.3 Å². The third kappa shape index (κ3) is 8.74. The van der Waals surface area contributed by atoms with Crippen LogP contribution in [0.1, 0.15) is 46.4 Å². The van der Waals surface area contributed by atoms with E-state index < -0.39 is 0 Å². The lowest BCUT2D eigenvalue weighted by Crippen LogP contribution is -2.23. The normalized spacial score (nSPS) is 15.1. The van der Waals surface area contributed by atoms with E-state index in [0.29, 0.717) is 61.1 Å². The quantitative estimate of drug-likeness (QED) is 0.137. The fraction of sp³-hybridized carbons (Fsp3) is 0.200. The van der Waals surface area contributed by atoms with Gasteiger partial charge in [0.25, 0.3) is 0 Å². The number of aromatic nitrogens is 16. The number of rotatable bonds is 10. The summed E-state index contributed by atoms with van der Waals surface area (Å²) < 4.78 is 30.9. The Balaban J connectivity index is 0.000000152. The van der Waals surface area contributed by atoms with Crippen molar-refractivity contribution in [1.82, 2.24) is 78.5 Å². The Bertz CT molecular complexity index is 3220. The van der Waals surface area contributed by atoms with Gasteiger partial charge >= 0.3 is 0 Å². The molecule has 20 heteroatoms. The van der Waals surface area contributed by atoms with Crippen molar-refractivity contribution in [1.29, 1.82) is 0 Å². The van der Waals surface area contributed by atoms with Gasteiger partial charge in [-0.3, -0.25) is 19.9 Å². The number of nitrogens with zero attached hydrogens (tertiary/aromatic N) is 16. The van der Waals surface area contributed by atoms with E-state index in [1.807, 2.05) is 105 Å². The summed E-state index contributed by atoms with van der Waals surface area (Å²) in [6, 6.07) is 23.8. The van der Waals surface area contributed by atoms with Gasteiger partial charge in [0.05, 0.1) is 88.3 Å². The average Bonchev–Trinajstić information content (AvgIpc) is 4.26. The minimum Gasteiger partial charge on any atom is -0.479 e. The van der Waals surface area contributed by atoms with Gasteiger partial charge in [0, 0.05) is 48.3 Å². The zero-order chi connectivity index (χ0) is 47.6. The zero-order valence-corrected chi connectivity index (χ0v) is 38.5. The van der Waals surface area contributed by atoms with Crippen LogP contribution in [0.15, 0.2) is 135 Å². The van der Waals surface area contributed by atoms with Gasteiger partial charge in [-0.15, -0.1) is 10.2 Å². The van der Waals surface area contributed by atoms with E-state index in [9.17, 15) is 0 Å². The first kappa shape index (κ1) is 43.7. The molecular formula is C50H44N16O4. The molecule has 348 valence electrons.